The van der Waals surface area contributed by atoms with Gasteiger partial charge in [-0.3, -0.25) is 33.8 Å². The molecule has 20 heteroatoms. The van der Waals surface area contributed by atoms with Gasteiger partial charge in [0.15, 0.2) is 5.96 Å². The molecule has 16 N–H and O–H groups in total. The Morgan fingerprint density at radius 2 is 1.45 bits per heavy atom. The van der Waals surface area contributed by atoms with Gasteiger partial charge in [0.25, 0.3) is 0 Å². The van der Waals surface area contributed by atoms with Gasteiger partial charge in [0.1, 0.15) is 29.9 Å². The molecule has 0 bridgehead atoms. The highest BCUT2D eigenvalue weighted by Gasteiger charge is 2.29. The lowest BCUT2D eigenvalue weighted by Crippen LogP contribution is -2.57. The van der Waals surface area contributed by atoms with Crippen molar-refractivity contribution in [3.63, 3.8) is 0 Å². The molecule has 0 spiro atoms. The van der Waals surface area contributed by atoms with Crippen LogP contribution in [0, 0.1) is 0 Å². The monoisotopic (exact) mass is 666 g/mol. The fraction of sp³-hybridized carbons (Fsp3) is 0.481. The number of phenols is 1. The maximum Gasteiger partial charge on any atom is 0.328 e. The SMILES string of the molecule is C[C@H](NC(=O)[C@H](CC(N)=O)NC(=O)CNC(=O)[C@H](CCCN=C(N)N)NC(=O)[C@@H](N)Cc1ccc(O)cc1)C(=O)N[C@@H](CO)C(=O)O. The molecule has 0 unspecified atom stereocenters. The highest BCUT2D eigenvalue weighted by molar-refractivity contribution is 5.96. The molecule has 0 heterocycles. The van der Waals surface area contributed by atoms with Gasteiger partial charge in [0.2, 0.25) is 35.4 Å². The summed E-state index contributed by atoms with van der Waals surface area (Å²) in [7, 11) is 0. The molecule has 47 heavy (non-hydrogen) atoms. The Hall–Kier alpha value is -5.50. The molecule has 0 aliphatic heterocycles. The van der Waals surface area contributed by atoms with Crippen molar-refractivity contribution >= 4 is 47.4 Å². The average molecular weight is 667 g/mol. The van der Waals surface area contributed by atoms with Crippen LogP contribution in [0.5, 0.6) is 5.75 Å². The van der Waals surface area contributed by atoms with Gasteiger partial charge in [0.05, 0.1) is 25.6 Å². The quantitative estimate of drug-likeness (QED) is 0.0351. The van der Waals surface area contributed by atoms with E-state index >= 15 is 0 Å². The van der Waals surface area contributed by atoms with Crippen molar-refractivity contribution in [2.75, 3.05) is 19.7 Å². The molecule has 0 aromatic heterocycles. The van der Waals surface area contributed by atoms with E-state index in [1.54, 1.807) is 12.1 Å². The molecule has 0 aliphatic carbocycles. The van der Waals surface area contributed by atoms with Crippen LogP contribution in [-0.2, 0) is 40.0 Å². The van der Waals surface area contributed by atoms with Crippen molar-refractivity contribution in [2.45, 2.75) is 62.8 Å². The zero-order chi connectivity index (χ0) is 35.7. The zero-order valence-corrected chi connectivity index (χ0v) is 25.6. The van der Waals surface area contributed by atoms with Crippen molar-refractivity contribution in [2.24, 2.45) is 27.9 Å². The number of carbonyl (C=O) groups excluding carboxylic acids is 6. The number of guanidine groups is 1. The van der Waals surface area contributed by atoms with E-state index in [0.717, 1.165) is 0 Å². The minimum atomic E-state index is -1.64. The largest absolute Gasteiger partial charge is 0.508 e. The van der Waals surface area contributed by atoms with Gasteiger partial charge in [-0.05, 0) is 43.9 Å². The Morgan fingerprint density at radius 1 is 0.830 bits per heavy atom. The van der Waals surface area contributed by atoms with Gasteiger partial charge in [-0.1, -0.05) is 12.1 Å². The molecule has 5 atom stereocenters. The number of carbonyl (C=O) groups is 7. The zero-order valence-electron chi connectivity index (χ0n) is 25.6. The lowest BCUT2D eigenvalue weighted by Gasteiger charge is -2.22. The lowest BCUT2D eigenvalue weighted by atomic mass is 10.0. The number of carboxylic acid groups (broad SMARTS) is 1. The van der Waals surface area contributed by atoms with Gasteiger partial charge in [0, 0.05) is 6.54 Å². The molecule has 6 amide bonds. The van der Waals surface area contributed by atoms with Crippen LogP contribution in [-0.4, -0.2) is 113 Å². The van der Waals surface area contributed by atoms with Crippen molar-refractivity contribution in [1.29, 1.82) is 0 Å². The summed E-state index contributed by atoms with van der Waals surface area (Å²) in [4.78, 5) is 89.8. The number of nitrogens with one attached hydrogen (secondary N) is 5. The number of nitrogens with two attached hydrogens (primary N) is 4. The number of amides is 6. The van der Waals surface area contributed by atoms with E-state index in [-0.39, 0.29) is 37.5 Å². The highest BCUT2D eigenvalue weighted by Crippen LogP contribution is 2.11. The van der Waals surface area contributed by atoms with E-state index in [1.807, 2.05) is 5.32 Å². The third-order valence-corrected chi connectivity index (χ3v) is 6.34. The second kappa shape index (κ2) is 19.8. The summed E-state index contributed by atoms with van der Waals surface area (Å²) in [5.74, 6) is -7.11. The number of carboxylic acids is 1. The third-order valence-electron chi connectivity index (χ3n) is 6.34. The second-order valence-corrected chi connectivity index (χ2v) is 10.3. The number of aromatic hydroxyl groups is 1. The Kier molecular flexibility index (Phi) is 16.6. The normalized spacial score (nSPS) is 13.8. The first-order valence-electron chi connectivity index (χ1n) is 14.2. The van der Waals surface area contributed by atoms with Crippen molar-refractivity contribution < 1.29 is 48.9 Å². The summed E-state index contributed by atoms with van der Waals surface area (Å²) in [6.45, 7) is -0.320. The van der Waals surface area contributed by atoms with Crippen molar-refractivity contribution in [3.05, 3.63) is 29.8 Å². The highest BCUT2D eigenvalue weighted by atomic mass is 16.4. The minimum Gasteiger partial charge on any atom is -0.508 e. The van der Waals surface area contributed by atoms with Crippen LogP contribution >= 0.6 is 0 Å². The molecule has 1 rings (SSSR count). The molecule has 0 radical (unpaired) electrons. The molecular formula is C27H42N10O10. The number of aliphatic hydroxyl groups is 1. The number of aliphatic hydroxyl groups excluding tert-OH is 1. The summed E-state index contributed by atoms with van der Waals surface area (Å²) in [5, 5.41) is 38.7. The van der Waals surface area contributed by atoms with E-state index in [1.165, 1.54) is 19.1 Å². The number of phenolic OH excluding ortho intramolecular Hbond substituents is 1. The Morgan fingerprint density at radius 3 is 2.00 bits per heavy atom. The number of aliphatic carboxylic acids is 1. The number of rotatable bonds is 20. The van der Waals surface area contributed by atoms with Crippen LogP contribution in [0.4, 0.5) is 0 Å². The van der Waals surface area contributed by atoms with E-state index < -0.39 is 91.2 Å². The first kappa shape index (κ1) is 39.5. The van der Waals surface area contributed by atoms with E-state index in [9.17, 15) is 38.7 Å². The van der Waals surface area contributed by atoms with Gasteiger partial charge >= 0.3 is 5.97 Å². The number of benzene rings is 1. The van der Waals surface area contributed by atoms with Gasteiger partial charge in [-0.15, -0.1) is 0 Å². The van der Waals surface area contributed by atoms with E-state index in [2.05, 4.69) is 26.3 Å². The van der Waals surface area contributed by atoms with Gasteiger partial charge < -0.3 is 64.8 Å². The van der Waals surface area contributed by atoms with Crippen LogP contribution in [0.15, 0.2) is 29.3 Å². The number of aliphatic imine (C=N–C) groups is 1. The minimum absolute atomic E-state index is 0.0294. The molecular weight excluding hydrogens is 624 g/mol. The fourth-order valence-electron chi connectivity index (χ4n) is 3.84. The number of hydrogen-bond donors (Lipinski definition) is 12. The van der Waals surface area contributed by atoms with Crippen LogP contribution in [0.1, 0.15) is 31.7 Å². The summed E-state index contributed by atoms with van der Waals surface area (Å²) in [6.07, 6.45) is -0.333. The molecule has 0 aliphatic rings. The predicted octanol–water partition coefficient (Wildman–Crippen LogP) is -5.66. The smallest absolute Gasteiger partial charge is 0.328 e. The molecule has 1 aromatic carbocycles. The first-order valence-corrected chi connectivity index (χ1v) is 14.2. The summed E-state index contributed by atoms with van der Waals surface area (Å²) < 4.78 is 0. The predicted molar refractivity (Wildman–Crippen MR) is 165 cm³/mol. The summed E-state index contributed by atoms with van der Waals surface area (Å²) in [5.41, 5.74) is 22.5. The average Bonchev–Trinajstić information content (AvgIpc) is 2.99. The van der Waals surface area contributed by atoms with Crippen LogP contribution in [0.2, 0.25) is 0 Å². The molecule has 0 fully saturated rings. The summed E-state index contributed by atoms with van der Waals surface area (Å²) >= 11 is 0. The second-order valence-electron chi connectivity index (χ2n) is 10.3. The Balaban J connectivity index is 2.87. The van der Waals surface area contributed by atoms with Crippen molar-refractivity contribution in [1.82, 2.24) is 26.6 Å². The first-order chi connectivity index (χ1) is 22.0. The number of primary amides is 1. The lowest BCUT2D eigenvalue weighted by molar-refractivity contribution is -0.143. The maximum absolute atomic E-state index is 13.0. The number of hydrogen-bond acceptors (Lipinski definition) is 11. The van der Waals surface area contributed by atoms with Crippen LogP contribution < -0.4 is 49.5 Å². The Bertz CT molecular complexity index is 1300. The standard InChI is InChI=1S/C27H42N10O10/c1-13(22(42)37-19(12-38)26(46)47)34-25(45)18(10-20(29)40)35-21(41)11-33-24(44)17(3-2-8-32-27(30)31)36-23(43)16(28)9-14-4-6-15(39)7-5-14/h4-7,13,16-19,38-39H,2-3,8-12,28H2,1H3,(H2,29,40)(H,33,44)(H,34,45)(H,35,41)(H,36,43)(H,37,42)(H,46,47)(H4,30,31,32)/t13-,16-,17-,18-,19-/m0/s1. The van der Waals surface area contributed by atoms with Crippen molar-refractivity contribution in [3.8, 4) is 5.75 Å². The topological polar surface area (TPSA) is 357 Å². The molecule has 0 saturated carbocycles. The molecule has 1 aromatic rings. The van der Waals surface area contributed by atoms with Crippen LogP contribution in [0.25, 0.3) is 0 Å². The number of nitrogens with zero attached hydrogens (tertiary/aromatic N) is 1. The van der Waals surface area contributed by atoms with Gasteiger partial charge in [-0.2, -0.15) is 0 Å². The summed E-state index contributed by atoms with van der Waals surface area (Å²) in [6, 6.07) is -0.839. The molecule has 0 saturated heterocycles. The maximum atomic E-state index is 13.0. The molecule has 20 nitrogen and oxygen atoms in total. The third kappa shape index (κ3) is 15.4. The fourth-order valence-corrected chi connectivity index (χ4v) is 3.84. The molecule has 260 valence electrons. The van der Waals surface area contributed by atoms with E-state index in [0.29, 0.717) is 5.56 Å². The Labute approximate surface area is 269 Å². The van der Waals surface area contributed by atoms with E-state index in [4.69, 9.17) is 33.1 Å². The van der Waals surface area contributed by atoms with Crippen LogP contribution in [0.3, 0.4) is 0 Å². The van der Waals surface area contributed by atoms with Gasteiger partial charge in [-0.25, -0.2) is 4.79 Å².